The first kappa shape index (κ1) is 15.4. The molecular formula is C15H20ClN5. The molecule has 1 aromatic heterocycles. The molecule has 0 fully saturated rings. The topological polar surface area (TPSA) is 54.2 Å². The van der Waals surface area contributed by atoms with Crippen LogP contribution in [0.3, 0.4) is 0 Å². The summed E-state index contributed by atoms with van der Waals surface area (Å²) >= 11 is 5.88. The molecule has 2 rings (SSSR count). The molecular weight excluding hydrogens is 286 g/mol. The number of benzene rings is 1. The molecule has 6 heteroatoms. The van der Waals surface area contributed by atoms with E-state index < -0.39 is 0 Å². The highest BCUT2D eigenvalue weighted by Gasteiger charge is 2.01. The quantitative estimate of drug-likeness (QED) is 0.658. The van der Waals surface area contributed by atoms with Gasteiger partial charge in [0.15, 0.2) is 5.96 Å². The van der Waals surface area contributed by atoms with Gasteiger partial charge < -0.3 is 10.6 Å². The van der Waals surface area contributed by atoms with Crippen molar-refractivity contribution in [3.63, 3.8) is 0 Å². The lowest BCUT2D eigenvalue weighted by Crippen LogP contribution is -2.37. The van der Waals surface area contributed by atoms with Gasteiger partial charge in [-0.15, -0.1) is 0 Å². The van der Waals surface area contributed by atoms with Crippen LogP contribution in [0.1, 0.15) is 18.2 Å². The maximum Gasteiger partial charge on any atom is 0.191 e. The van der Waals surface area contributed by atoms with Crippen LogP contribution < -0.4 is 10.6 Å². The van der Waals surface area contributed by atoms with Gasteiger partial charge in [-0.05, 0) is 30.7 Å². The fourth-order valence-corrected chi connectivity index (χ4v) is 1.98. The molecule has 0 radical (unpaired) electrons. The SMILES string of the molecule is CCNC(=NCc1ccc(Cl)cc1)NCc1ccnn1C. The third-order valence-corrected chi connectivity index (χ3v) is 3.29. The fraction of sp³-hybridized carbons (Fsp3) is 0.333. The minimum atomic E-state index is 0.609. The van der Waals surface area contributed by atoms with Gasteiger partial charge >= 0.3 is 0 Å². The third-order valence-electron chi connectivity index (χ3n) is 3.04. The van der Waals surface area contributed by atoms with Gasteiger partial charge in [-0.1, -0.05) is 23.7 Å². The second kappa shape index (κ2) is 7.69. The van der Waals surface area contributed by atoms with E-state index in [9.17, 15) is 0 Å². The van der Waals surface area contributed by atoms with E-state index in [1.165, 1.54) is 0 Å². The van der Waals surface area contributed by atoms with E-state index in [-0.39, 0.29) is 0 Å². The number of rotatable bonds is 5. The van der Waals surface area contributed by atoms with Crippen LogP contribution >= 0.6 is 11.6 Å². The smallest absolute Gasteiger partial charge is 0.191 e. The van der Waals surface area contributed by atoms with Crippen molar-refractivity contribution in [1.29, 1.82) is 0 Å². The van der Waals surface area contributed by atoms with E-state index in [0.29, 0.717) is 13.1 Å². The zero-order chi connectivity index (χ0) is 15.1. The Morgan fingerprint density at radius 3 is 2.62 bits per heavy atom. The van der Waals surface area contributed by atoms with E-state index in [4.69, 9.17) is 11.6 Å². The van der Waals surface area contributed by atoms with Gasteiger partial charge in [-0.2, -0.15) is 5.10 Å². The van der Waals surface area contributed by atoms with Crippen molar-refractivity contribution in [2.24, 2.45) is 12.0 Å². The van der Waals surface area contributed by atoms with Gasteiger partial charge in [0.05, 0.1) is 18.8 Å². The highest BCUT2D eigenvalue weighted by atomic mass is 35.5. The molecule has 21 heavy (non-hydrogen) atoms. The second-order valence-corrected chi connectivity index (χ2v) is 5.06. The van der Waals surface area contributed by atoms with Crippen molar-refractivity contribution in [3.8, 4) is 0 Å². The van der Waals surface area contributed by atoms with E-state index in [0.717, 1.165) is 28.8 Å². The zero-order valence-corrected chi connectivity index (χ0v) is 13.1. The molecule has 2 N–H and O–H groups in total. The number of aliphatic imine (C=N–C) groups is 1. The Kier molecular flexibility index (Phi) is 5.63. The van der Waals surface area contributed by atoms with Gasteiger partial charge in [0.1, 0.15) is 0 Å². The number of hydrogen-bond acceptors (Lipinski definition) is 2. The van der Waals surface area contributed by atoms with Crippen LogP contribution in [0.2, 0.25) is 5.02 Å². The van der Waals surface area contributed by atoms with Gasteiger partial charge in [0.2, 0.25) is 0 Å². The maximum atomic E-state index is 5.88. The second-order valence-electron chi connectivity index (χ2n) is 4.62. The summed E-state index contributed by atoms with van der Waals surface area (Å²) in [6.45, 7) is 4.16. The van der Waals surface area contributed by atoms with Crippen molar-refractivity contribution < 1.29 is 0 Å². The van der Waals surface area contributed by atoms with E-state index >= 15 is 0 Å². The Morgan fingerprint density at radius 2 is 2.00 bits per heavy atom. The van der Waals surface area contributed by atoms with E-state index in [2.05, 4.69) is 20.7 Å². The summed E-state index contributed by atoms with van der Waals surface area (Å²) in [4.78, 5) is 4.56. The molecule has 0 amide bonds. The first-order valence-corrected chi connectivity index (χ1v) is 7.30. The Bertz CT molecular complexity index is 588. The standard InChI is InChI=1S/C15H20ClN5/c1-3-17-15(19-11-14-8-9-20-21(14)2)18-10-12-4-6-13(16)7-5-12/h4-9H,3,10-11H2,1-2H3,(H2,17,18,19). The monoisotopic (exact) mass is 305 g/mol. The number of halogens is 1. The lowest BCUT2D eigenvalue weighted by Gasteiger charge is -2.11. The van der Waals surface area contributed by atoms with E-state index in [1.54, 1.807) is 6.20 Å². The fourth-order valence-electron chi connectivity index (χ4n) is 1.85. The van der Waals surface area contributed by atoms with Gasteiger partial charge in [-0.25, -0.2) is 4.99 Å². The van der Waals surface area contributed by atoms with Crippen molar-refractivity contribution in [1.82, 2.24) is 20.4 Å². The van der Waals surface area contributed by atoms with Crippen LogP contribution in [0.25, 0.3) is 0 Å². The largest absolute Gasteiger partial charge is 0.357 e. The van der Waals surface area contributed by atoms with Crippen molar-refractivity contribution in [2.75, 3.05) is 6.54 Å². The van der Waals surface area contributed by atoms with Crippen molar-refractivity contribution in [3.05, 3.63) is 52.8 Å². The minimum absolute atomic E-state index is 0.609. The summed E-state index contributed by atoms with van der Waals surface area (Å²) in [5, 5.41) is 11.4. The normalized spacial score (nSPS) is 11.5. The van der Waals surface area contributed by atoms with Gasteiger partial charge in [0.25, 0.3) is 0 Å². The summed E-state index contributed by atoms with van der Waals surface area (Å²) in [6.07, 6.45) is 1.79. The highest BCUT2D eigenvalue weighted by molar-refractivity contribution is 6.30. The molecule has 112 valence electrons. The molecule has 0 unspecified atom stereocenters. The molecule has 0 atom stereocenters. The predicted octanol–water partition coefficient (Wildman–Crippen LogP) is 2.33. The third kappa shape index (κ3) is 4.79. The summed E-state index contributed by atoms with van der Waals surface area (Å²) < 4.78 is 1.84. The van der Waals surface area contributed by atoms with Crippen LogP contribution in [-0.4, -0.2) is 22.3 Å². The van der Waals surface area contributed by atoms with E-state index in [1.807, 2.05) is 49.0 Å². The number of hydrogen-bond donors (Lipinski definition) is 2. The molecule has 0 saturated carbocycles. The van der Waals surface area contributed by atoms with Crippen LogP contribution in [0.4, 0.5) is 0 Å². The number of guanidine groups is 1. The maximum absolute atomic E-state index is 5.88. The molecule has 1 heterocycles. The van der Waals surface area contributed by atoms with Crippen molar-refractivity contribution >= 4 is 17.6 Å². The lowest BCUT2D eigenvalue weighted by molar-refractivity contribution is 0.685. The van der Waals surface area contributed by atoms with Crippen LogP contribution in [0.5, 0.6) is 0 Å². The molecule has 0 bridgehead atoms. The average Bonchev–Trinajstić information content (AvgIpc) is 2.89. The average molecular weight is 306 g/mol. The molecule has 5 nitrogen and oxygen atoms in total. The Morgan fingerprint density at radius 1 is 1.24 bits per heavy atom. The van der Waals surface area contributed by atoms with Crippen molar-refractivity contribution in [2.45, 2.75) is 20.0 Å². The first-order valence-electron chi connectivity index (χ1n) is 6.92. The van der Waals surface area contributed by atoms with Crippen LogP contribution in [0.15, 0.2) is 41.5 Å². The summed E-state index contributed by atoms with van der Waals surface area (Å²) in [5.41, 5.74) is 2.23. The molecule has 0 spiro atoms. The Balaban J connectivity index is 1.95. The number of nitrogens with zero attached hydrogens (tertiary/aromatic N) is 3. The molecule has 0 aliphatic carbocycles. The summed E-state index contributed by atoms with van der Waals surface area (Å²) in [7, 11) is 1.93. The summed E-state index contributed by atoms with van der Waals surface area (Å²) in [6, 6.07) is 9.70. The number of aryl methyl sites for hydroxylation is 1. The van der Waals surface area contributed by atoms with Crippen LogP contribution in [0, 0.1) is 0 Å². The number of aromatic nitrogens is 2. The van der Waals surface area contributed by atoms with Gasteiger partial charge in [0, 0.05) is 24.8 Å². The first-order chi connectivity index (χ1) is 10.2. The zero-order valence-electron chi connectivity index (χ0n) is 12.3. The van der Waals surface area contributed by atoms with Crippen LogP contribution in [-0.2, 0) is 20.1 Å². The molecule has 1 aromatic carbocycles. The molecule has 0 saturated heterocycles. The molecule has 0 aliphatic rings. The van der Waals surface area contributed by atoms with Gasteiger partial charge in [-0.3, -0.25) is 4.68 Å². The molecule has 0 aliphatic heterocycles. The minimum Gasteiger partial charge on any atom is -0.357 e. The summed E-state index contributed by atoms with van der Waals surface area (Å²) in [5.74, 6) is 0.786. The molecule has 2 aromatic rings. The highest BCUT2D eigenvalue weighted by Crippen LogP contribution is 2.10. The lowest BCUT2D eigenvalue weighted by atomic mass is 10.2. The number of nitrogens with one attached hydrogen (secondary N) is 2. The predicted molar refractivity (Wildman–Crippen MR) is 86.3 cm³/mol. The Labute approximate surface area is 130 Å². The Hall–Kier alpha value is -2.01.